The maximum Gasteiger partial charge on any atom is 0.243 e. The maximum absolute atomic E-state index is 11.9. The summed E-state index contributed by atoms with van der Waals surface area (Å²) in [6.45, 7) is 2.10. The molecule has 0 unspecified atom stereocenters. The monoisotopic (exact) mass is 304 g/mol. The molecule has 0 saturated carbocycles. The van der Waals surface area contributed by atoms with E-state index in [1.807, 2.05) is 37.3 Å². The normalized spacial score (nSPS) is 10.0. The van der Waals surface area contributed by atoms with Crippen molar-refractivity contribution >= 4 is 28.9 Å². The van der Waals surface area contributed by atoms with E-state index in [0.29, 0.717) is 16.5 Å². The van der Waals surface area contributed by atoms with Gasteiger partial charge >= 0.3 is 0 Å². The average Bonchev–Trinajstić information content (AvgIpc) is 2.48. The molecule has 0 aromatic heterocycles. The second-order valence-corrected chi connectivity index (χ2v) is 5.00. The van der Waals surface area contributed by atoms with Crippen molar-refractivity contribution in [2.45, 2.75) is 6.92 Å². The fraction of sp³-hybridized carbons (Fsp3) is 0.188. The Morgan fingerprint density at radius 3 is 2.71 bits per heavy atom. The molecule has 21 heavy (non-hydrogen) atoms. The number of aryl methyl sites for hydroxylation is 1. The second-order valence-electron chi connectivity index (χ2n) is 4.60. The van der Waals surface area contributed by atoms with E-state index in [4.69, 9.17) is 16.3 Å². The van der Waals surface area contributed by atoms with Gasteiger partial charge in [0.2, 0.25) is 5.91 Å². The molecule has 0 aliphatic rings. The van der Waals surface area contributed by atoms with Crippen molar-refractivity contribution in [3.05, 3.63) is 53.1 Å². The maximum atomic E-state index is 11.9. The number of anilines is 2. The minimum atomic E-state index is -0.139. The fourth-order valence-electron chi connectivity index (χ4n) is 1.79. The van der Waals surface area contributed by atoms with Gasteiger partial charge in [0, 0.05) is 22.5 Å². The third kappa shape index (κ3) is 4.39. The van der Waals surface area contributed by atoms with Gasteiger partial charge in [-0.3, -0.25) is 4.79 Å². The Balaban J connectivity index is 1.90. The first-order valence-electron chi connectivity index (χ1n) is 6.52. The molecular formula is C16H17ClN2O2. The number of rotatable bonds is 5. The van der Waals surface area contributed by atoms with Gasteiger partial charge in [-0.15, -0.1) is 0 Å². The lowest BCUT2D eigenvalue weighted by molar-refractivity contribution is -0.114. The summed E-state index contributed by atoms with van der Waals surface area (Å²) in [6.07, 6.45) is 0. The Morgan fingerprint density at radius 2 is 2.00 bits per heavy atom. The van der Waals surface area contributed by atoms with E-state index in [1.165, 1.54) is 0 Å². The van der Waals surface area contributed by atoms with Crippen molar-refractivity contribution in [1.82, 2.24) is 0 Å². The fourth-order valence-corrected chi connectivity index (χ4v) is 1.97. The lowest BCUT2D eigenvalue weighted by atomic mass is 10.2. The number of benzene rings is 2. The number of ether oxygens (including phenoxy) is 1. The van der Waals surface area contributed by atoms with E-state index < -0.39 is 0 Å². The molecule has 2 N–H and O–H groups in total. The first-order chi connectivity index (χ1) is 10.1. The number of carbonyl (C=O) groups excluding carboxylic acids is 1. The number of hydrogen-bond acceptors (Lipinski definition) is 3. The van der Waals surface area contributed by atoms with Crippen LogP contribution in [0.5, 0.6) is 5.75 Å². The molecule has 2 rings (SSSR count). The highest BCUT2D eigenvalue weighted by molar-refractivity contribution is 6.31. The average molecular weight is 305 g/mol. The van der Waals surface area contributed by atoms with Gasteiger partial charge in [0.05, 0.1) is 13.7 Å². The van der Waals surface area contributed by atoms with Crippen molar-refractivity contribution in [3.63, 3.8) is 0 Å². The van der Waals surface area contributed by atoms with Crippen molar-refractivity contribution < 1.29 is 9.53 Å². The van der Waals surface area contributed by atoms with E-state index in [2.05, 4.69) is 10.6 Å². The molecule has 110 valence electrons. The summed E-state index contributed by atoms with van der Waals surface area (Å²) in [4.78, 5) is 11.9. The number of amides is 1. The molecule has 0 bridgehead atoms. The van der Waals surface area contributed by atoms with Gasteiger partial charge < -0.3 is 15.4 Å². The molecule has 2 aromatic carbocycles. The van der Waals surface area contributed by atoms with Crippen LogP contribution in [0.1, 0.15) is 5.56 Å². The summed E-state index contributed by atoms with van der Waals surface area (Å²) in [6, 6.07) is 12.8. The molecule has 4 nitrogen and oxygen atoms in total. The Labute approximate surface area is 129 Å². The van der Waals surface area contributed by atoms with Crippen LogP contribution in [-0.4, -0.2) is 19.6 Å². The van der Waals surface area contributed by atoms with Crippen molar-refractivity contribution in [1.29, 1.82) is 0 Å². The molecule has 2 aromatic rings. The molecule has 0 heterocycles. The molecule has 0 radical (unpaired) electrons. The van der Waals surface area contributed by atoms with Crippen molar-refractivity contribution in [3.8, 4) is 5.75 Å². The highest BCUT2D eigenvalue weighted by Crippen LogP contribution is 2.20. The lowest BCUT2D eigenvalue weighted by Crippen LogP contribution is -2.21. The highest BCUT2D eigenvalue weighted by Gasteiger charge is 2.04. The summed E-state index contributed by atoms with van der Waals surface area (Å²) in [5.41, 5.74) is 2.51. The zero-order chi connectivity index (χ0) is 15.2. The summed E-state index contributed by atoms with van der Waals surface area (Å²) in [5.74, 6) is 0.561. The summed E-state index contributed by atoms with van der Waals surface area (Å²) in [5, 5.41) is 6.51. The van der Waals surface area contributed by atoms with Gasteiger partial charge in [-0.05, 0) is 36.8 Å². The molecule has 0 atom stereocenters. The van der Waals surface area contributed by atoms with Crippen LogP contribution >= 0.6 is 11.6 Å². The number of carbonyl (C=O) groups is 1. The molecule has 1 amide bonds. The summed E-state index contributed by atoms with van der Waals surface area (Å²) >= 11 is 6.04. The van der Waals surface area contributed by atoms with Crippen LogP contribution in [0.2, 0.25) is 5.02 Å². The van der Waals surface area contributed by atoms with Gasteiger partial charge in [0.25, 0.3) is 0 Å². The third-order valence-electron chi connectivity index (χ3n) is 2.98. The Morgan fingerprint density at radius 1 is 1.19 bits per heavy atom. The predicted octanol–water partition coefficient (Wildman–Crippen LogP) is 3.71. The number of halogens is 1. The van der Waals surface area contributed by atoms with Crippen LogP contribution in [0, 0.1) is 6.92 Å². The highest BCUT2D eigenvalue weighted by atomic mass is 35.5. The lowest BCUT2D eigenvalue weighted by Gasteiger charge is -2.09. The first-order valence-corrected chi connectivity index (χ1v) is 6.90. The van der Waals surface area contributed by atoms with Crippen LogP contribution in [0.4, 0.5) is 11.4 Å². The topological polar surface area (TPSA) is 50.4 Å². The molecular weight excluding hydrogens is 288 g/mol. The Kier molecular flexibility index (Phi) is 5.06. The number of hydrogen-bond donors (Lipinski definition) is 2. The molecule has 0 saturated heterocycles. The van der Waals surface area contributed by atoms with Gasteiger partial charge in [-0.1, -0.05) is 23.7 Å². The standard InChI is InChI=1S/C16H17ClN2O2/c1-11-6-7-12(9-15(11)17)18-10-16(20)19-13-4-3-5-14(8-13)21-2/h3-9,18H,10H2,1-2H3,(H,19,20). The van der Waals surface area contributed by atoms with Crippen molar-refractivity contribution in [2.75, 3.05) is 24.3 Å². The van der Waals surface area contributed by atoms with E-state index in [-0.39, 0.29) is 12.5 Å². The summed E-state index contributed by atoms with van der Waals surface area (Å²) in [7, 11) is 1.59. The predicted molar refractivity (Wildman–Crippen MR) is 86.3 cm³/mol. The first kappa shape index (κ1) is 15.2. The zero-order valence-electron chi connectivity index (χ0n) is 11.9. The quantitative estimate of drug-likeness (QED) is 0.885. The van der Waals surface area contributed by atoms with Crippen LogP contribution < -0.4 is 15.4 Å². The minimum Gasteiger partial charge on any atom is -0.497 e. The zero-order valence-corrected chi connectivity index (χ0v) is 12.7. The molecule has 0 fully saturated rings. The van der Waals surface area contributed by atoms with Crippen LogP contribution in [0.15, 0.2) is 42.5 Å². The van der Waals surface area contributed by atoms with Crippen LogP contribution in [0.25, 0.3) is 0 Å². The number of nitrogens with one attached hydrogen (secondary N) is 2. The van der Waals surface area contributed by atoms with Crippen LogP contribution in [0.3, 0.4) is 0 Å². The molecule has 0 aliphatic heterocycles. The molecule has 0 spiro atoms. The van der Waals surface area contributed by atoms with Gasteiger partial charge in [-0.2, -0.15) is 0 Å². The van der Waals surface area contributed by atoms with Crippen LogP contribution in [-0.2, 0) is 4.79 Å². The number of methoxy groups -OCH3 is 1. The Hall–Kier alpha value is -2.20. The van der Waals surface area contributed by atoms with Gasteiger partial charge in [0.15, 0.2) is 0 Å². The smallest absolute Gasteiger partial charge is 0.243 e. The molecule has 0 aliphatic carbocycles. The summed E-state index contributed by atoms with van der Waals surface area (Å²) < 4.78 is 5.11. The van der Waals surface area contributed by atoms with E-state index >= 15 is 0 Å². The van der Waals surface area contributed by atoms with Crippen molar-refractivity contribution in [2.24, 2.45) is 0 Å². The van der Waals surface area contributed by atoms with Gasteiger partial charge in [-0.25, -0.2) is 0 Å². The Bertz CT molecular complexity index is 644. The largest absolute Gasteiger partial charge is 0.497 e. The SMILES string of the molecule is COc1cccc(NC(=O)CNc2ccc(C)c(Cl)c2)c1. The van der Waals surface area contributed by atoms with E-state index in [9.17, 15) is 4.79 Å². The second kappa shape index (κ2) is 6.99. The van der Waals surface area contributed by atoms with E-state index in [0.717, 1.165) is 11.3 Å². The molecule has 5 heteroatoms. The van der Waals surface area contributed by atoms with E-state index in [1.54, 1.807) is 19.2 Å². The third-order valence-corrected chi connectivity index (χ3v) is 3.39. The van der Waals surface area contributed by atoms with Gasteiger partial charge in [0.1, 0.15) is 5.75 Å². The minimum absolute atomic E-state index is 0.139.